The SMILES string of the molecule is COc1cc(-c2c(F)ccc(O)c2-c2nncc(C3CC3)c2NC2C[C@]3(C)CCC[C@](C)(C2)N3)cnn1. The molecule has 2 bridgehead atoms. The Labute approximate surface area is 216 Å². The van der Waals surface area contributed by atoms with Gasteiger partial charge in [-0.25, -0.2) is 4.39 Å². The minimum Gasteiger partial charge on any atom is -0.507 e. The molecule has 1 aromatic carbocycles. The minimum absolute atomic E-state index is 0.0642. The summed E-state index contributed by atoms with van der Waals surface area (Å²) in [5.41, 5.74) is 3.42. The van der Waals surface area contributed by atoms with Crippen molar-refractivity contribution in [3.63, 3.8) is 0 Å². The summed E-state index contributed by atoms with van der Waals surface area (Å²) in [7, 11) is 1.48. The summed E-state index contributed by atoms with van der Waals surface area (Å²) in [5.74, 6) is 0.0681. The number of anilines is 1. The molecule has 3 aliphatic rings. The molecular formula is C28H33FN6O2. The number of methoxy groups -OCH3 is 1. The number of aromatic nitrogens is 4. The summed E-state index contributed by atoms with van der Waals surface area (Å²) >= 11 is 0. The van der Waals surface area contributed by atoms with Crippen LogP contribution < -0.4 is 15.4 Å². The van der Waals surface area contributed by atoms with Crippen LogP contribution in [0.3, 0.4) is 0 Å². The molecule has 1 unspecified atom stereocenters. The van der Waals surface area contributed by atoms with E-state index in [0.29, 0.717) is 22.7 Å². The zero-order valence-electron chi connectivity index (χ0n) is 21.5. The largest absolute Gasteiger partial charge is 0.507 e. The van der Waals surface area contributed by atoms with Crippen LogP contribution in [-0.4, -0.2) is 49.7 Å². The summed E-state index contributed by atoms with van der Waals surface area (Å²) < 4.78 is 20.7. The average molecular weight is 505 g/mol. The molecule has 3 aromatic rings. The summed E-state index contributed by atoms with van der Waals surface area (Å²) in [4.78, 5) is 0. The van der Waals surface area contributed by atoms with Gasteiger partial charge in [0, 0.05) is 39.9 Å². The average Bonchev–Trinajstić information content (AvgIpc) is 3.70. The van der Waals surface area contributed by atoms with Gasteiger partial charge >= 0.3 is 0 Å². The second-order valence-electron chi connectivity index (χ2n) is 11.5. The number of aromatic hydroxyl groups is 1. The van der Waals surface area contributed by atoms with Gasteiger partial charge in [-0.15, -0.1) is 10.2 Å². The first-order chi connectivity index (χ1) is 17.8. The summed E-state index contributed by atoms with van der Waals surface area (Å²) in [6, 6.07) is 4.43. The van der Waals surface area contributed by atoms with Crippen molar-refractivity contribution < 1.29 is 14.2 Å². The van der Waals surface area contributed by atoms with Gasteiger partial charge in [0.25, 0.3) is 0 Å². The fourth-order valence-corrected chi connectivity index (χ4v) is 6.60. The summed E-state index contributed by atoms with van der Waals surface area (Å²) in [6.07, 6.45) is 10.9. The Morgan fingerprint density at radius 2 is 1.78 bits per heavy atom. The first-order valence-corrected chi connectivity index (χ1v) is 13.1. The Hall–Kier alpha value is -3.33. The van der Waals surface area contributed by atoms with Crippen molar-refractivity contribution in [2.24, 2.45) is 0 Å². The molecule has 3 N–H and O–H groups in total. The van der Waals surface area contributed by atoms with Crippen LogP contribution in [0.2, 0.25) is 0 Å². The first kappa shape index (κ1) is 24.0. The number of nitrogens with zero attached hydrogens (tertiary/aromatic N) is 4. The van der Waals surface area contributed by atoms with E-state index >= 15 is 4.39 Å². The molecule has 1 saturated carbocycles. The molecule has 0 spiro atoms. The lowest BCUT2D eigenvalue weighted by molar-refractivity contribution is 0.0849. The van der Waals surface area contributed by atoms with E-state index in [2.05, 4.69) is 44.9 Å². The lowest BCUT2D eigenvalue weighted by Gasteiger charge is -2.54. The Morgan fingerprint density at radius 1 is 1.05 bits per heavy atom. The lowest BCUT2D eigenvalue weighted by Crippen LogP contribution is -2.65. The molecular weight excluding hydrogens is 471 g/mol. The highest BCUT2D eigenvalue weighted by molar-refractivity contribution is 5.92. The van der Waals surface area contributed by atoms with Gasteiger partial charge in [-0.2, -0.15) is 10.2 Å². The van der Waals surface area contributed by atoms with E-state index in [1.54, 1.807) is 6.07 Å². The van der Waals surface area contributed by atoms with Gasteiger partial charge in [-0.05, 0) is 76.8 Å². The molecule has 37 heavy (non-hydrogen) atoms. The van der Waals surface area contributed by atoms with Gasteiger partial charge in [0.15, 0.2) is 0 Å². The highest BCUT2D eigenvalue weighted by Crippen LogP contribution is 2.50. The topological polar surface area (TPSA) is 105 Å². The van der Waals surface area contributed by atoms with Crippen molar-refractivity contribution in [2.75, 3.05) is 12.4 Å². The second-order valence-corrected chi connectivity index (χ2v) is 11.5. The van der Waals surface area contributed by atoms with Gasteiger partial charge in [-0.1, -0.05) is 0 Å². The molecule has 0 amide bonds. The van der Waals surface area contributed by atoms with Gasteiger partial charge in [0.2, 0.25) is 5.88 Å². The van der Waals surface area contributed by atoms with Crippen molar-refractivity contribution in [3.8, 4) is 34.0 Å². The number of ether oxygens (including phenoxy) is 1. The van der Waals surface area contributed by atoms with Crippen LogP contribution in [0, 0.1) is 5.82 Å². The molecule has 1 aliphatic carbocycles. The van der Waals surface area contributed by atoms with E-state index in [-0.39, 0.29) is 34.3 Å². The normalized spacial score (nSPS) is 27.1. The number of hydrogen-bond acceptors (Lipinski definition) is 8. The highest BCUT2D eigenvalue weighted by Gasteiger charge is 2.46. The van der Waals surface area contributed by atoms with E-state index < -0.39 is 5.82 Å². The number of hydrogen-bond donors (Lipinski definition) is 3. The van der Waals surface area contributed by atoms with Gasteiger partial charge in [0.05, 0.1) is 30.8 Å². The van der Waals surface area contributed by atoms with Crippen LogP contribution in [0.5, 0.6) is 11.6 Å². The minimum atomic E-state index is -0.496. The molecule has 2 aromatic heterocycles. The molecule has 8 nitrogen and oxygen atoms in total. The highest BCUT2D eigenvalue weighted by atomic mass is 19.1. The Bertz CT molecular complexity index is 1330. The van der Waals surface area contributed by atoms with Crippen molar-refractivity contribution in [1.82, 2.24) is 25.7 Å². The number of halogens is 1. The molecule has 4 heterocycles. The first-order valence-electron chi connectivity index (χ1n) is 13.1. The molecule has 3 fully saturated rings. The summed E-state index contributed by atoms with van der Waals surface area (Å²) in [6.45, 7) is 4.62. The molecule has 194 valence electrons. The molecule has 2 saturated heterocycles. The third-order valence-electron chi connectivity index (χ3n) is 8.20. The maximum absolute atomic E-state index is 15.5. The van der Waals surface area contributed by atoms with Crippen LogP contribution in [0.1, 0.15) is 70.3 Å². The van der Waals surface area contributed by atoms with Crippen molar-refractivity contribution in [1.29, 1.82) is 0 Å². The molecule has 6 rings (SSSR count). The zero-order valence-corrected chi connectivity index (χ0v) is 21.5. The zero-order chi connectivity index (χ0) is 25.8. The Balaban J connectivity index is 1.49. The number of rotatable bonds is 6. The van der Waals surface area contributed by atoms with Crippen LogP contribution in [-0.2, 0) is 0 Å². The van der Waals surface area contributed by atoms with E-state index in [9.17, 15) is 5.11 Å². The monoisotopic (exact) mass is 504 g/mol. The number of fused-ring (bicyclic) bond motifs is 2. The van der Waals surface area contributed by atoms with Crippen molar-refractivity contribution in [3.05, 3.63) is 42.0 Å². The predicted molar refractivity (Wildman–Crippen MR) is 139 cm³/mol. The van der Waals surface area contributed by atoms with Gasteiger partial charge in [0.1, 0.15) is 17.3 Å². The maximum Gasteiger partial charge on any atom is 0.233 e. The quantitative estimate of drug-likeness (QED) is 0.421. The van der Waals surface area contributed by atoms with Gasteiger partial charge < -0.3 is 20.5 Å². The number of phenolic OH excluding ortho intramolecular Hbond substituents is 1. The third-order valence-corrected chi connectivity index (χ3v) is 8.20. The Morgan fingerprint density at radius 3 is 2.49 bits per heavy atom. The van der Waals surface area contributed by atoms with Crippen molar-refractivity contribution >= 4 is 5.69 Å². The van der Waals surface area contributed by atoms with E-state index in [1.165, 1.54) is 31.9 Å². The number of phenols is 1. The van der Waals surface area contributed by atoms with Gasteiger partial charge in [-0.3, -0.25) is 0 Å². The second kappa shape index (κ2) is 8.90. The molecule has 3 atom stereocenters. The summed E-state index contributed by atoms with van der Waals surface area (Å²) in [5, 5.41) is 35.5. The molecule has 2 aliphatic heterocycles. The smallest absolute Gasteiger partial charge is 0.233 e. The third kappa shape index (κ3) is 4.50. The van der Waals surface area contributed by atoms with Crippen LogP contribution >= 0.6 is 0 Å². The fraction of sp³-hybridized carbons (Fsp3) is 0.500. The molecule has 9 heteroatoms. The predicted octanol–water partition coefficient (Wildman–Crippen LogP) is 5.20. The number of benzene rings is 1. The van der Waals surface area contributed by atoms with E-state index in [1.807, 2.05) is 6.20 Å². The van der Waals surface area contributed by atoms with Crippen LogP contribution in [0.4, 0.5) is 10.1 Å². The Kier molecular flexibility index (Phi) is 5.78. The maximum atomic E-state index is 15.5. The number of nitrogens with one attached hydrogen (secondary N) is 2. The number of piperidine rings is 2. The standard InChI is InChI=1S/C28H33FN6O2/c1-27-9-4-10-28(2,35-27)13-18(12-27)32-25-19(16-5-6-16)15-31-34-26(25)24-21(36)8-7-20(29)23(24)17-11-22(37-3)33-30-14-17/h7-8,11,14-16,18,35-36H,4-6,9-10,12-13H2,1-3H3,(H,31,32)/t18?,27-,28+. The van der Waals surface area contributed by atoms with E-state index in [0.717, 1.165) is 49.8 Å². The van der Waals surface area contributed by atoms with Crippen molar-refractivity contribution in [2.45, 2.75) is 81.8 Å². The van der Waals surface area contributed by atoms with Crippen LogP contribution in [0.15, 0.2) is 30.6 Å². The van der Waals surface area contributed by atoms with Crippen LogP contribution in [0.25, 0.3) is 22.4 Å². The fourth-order valence-electron chi connectivity index (χ4n) is 6.60. The van der Waals surface area contributed by atoms with E-state index in [4.69, 9.17) is 4.74 Å². The lowest BCUT2D eigenvalue weighted by atomic mass is 9.69. The molecule has 0 radical (unpaired) electrons.